The summed E-state index contributed by atoms with van der Waals surface area (Å²) in [6.45, 7) is 2.02. The molecule has 2 rings (SSSR count). The van der Waals surface area contributed by atoms with Gasteiger partial charge in [-0.25, -0.2) is 0 Å². The number of hydrogen-bond acceptors (Lipinski definition) is 3. The summed E-state index contributed by atoms with van der Waals surface area (Å²) in [5, 5.41) is 11.4. The average molecular weight is 294 g/mol. The molecule has 0 radical (unpaired) electrons. The molecule has 0 heterocycles. The first-order valence-electron chi connectivity index (χ1n) is 7.19. The maximum atomic E-state index is 11.9. The maximum absolute atomic E-state index is 11.9. The minimum Gasteiger partial charge on any atom is -0.483 e. The summed E-state index contributed by atoms with van der Waals surface area (Å²) < 4.78 is 5.57. The number of ether oxygens (including phenoxy) is 1. The molecular weight excluding hydrogens is 276 g/mol. The quantitative estimate of drug-likeness (QED) is 0.888. The van der Waals surface area contributed by atoms with Crippen molar-refractivity contribution in [2.45, 2.75) is 19.8 Å². The molecule has 0 aromatic heterocycles. The number of para-hydroxylation sites is 1. The normalized spacial score (nSPS) is 9.82. The van der Waals surface area contributed by atoms with Gasteiger partial charge in [0.15, 0.2) is 6.61 Å². The molecule has 1 N–H and O–H groups in total. The molecule has 0 aliphatic rings. The van der Waals surface area contributed by atoms with E-state index in [1.54, 1.807) is 12.1 Å². The number of amides is 1. The summed E-state index contributed by atoms with van der Waals surface area (Å²) in [4.78, 5) is 11.9. The van der Waals surface area contributed by atoms with Crippen LogP contribution in [0.1, 0.15) is 18.1 Å². The summed E-state index contributed by atoms with van der Waals surface area (Å²) in [5.41, 5.74) is 2.70. The number of rotatable bonds is 6. The number of nitrogens with zero attached hydrogens (tertiary/aromatic N) is 1. The Kier molecular flexibility index (Phi) is 5.56. The molecule has 1 amide bonds. The Bertz CT molecular complexity index is 672. The molecule has 0 unspecified atom stereocenters. The zero-order chi connectivity index (χ0) is 15.8. The summed E-state index contributed by atoms with van der Waals surface area (Å²) >= 11 is 0. The van der Waals surface area contributed by atoms with E-state index in [0.29, 0.717) is 12.1 Å². The van der Waals surface area contributed by atoms with Gasteiger partial charge in [-0.2, -0.15) is 5.26 Å². The Morgan fingerprint density at radius 1 is 1.18 bits per heavy atom. The van der Waals surface area contributed by atoms with Gasteiger partial charge >= 0.3 is 0 Å². The molecule has 0 spiro atoms. The number of anilines is 1. The Labute approximate surface area is 130 Å². The number of nitrogens with one attached hydrogen (secondary N) is 1. The van der Waals surface area contributed by atoms with Crippen molar-refractivity contribution in [2.75, 3.05) is 11.9 Å². The summed E-state index contributed by atoms with van der Waals surface area (Å²) in [5.74, 6) is 0.531. The summed E-state index contributed by atoms with van der Waals surface area (Å²) in [6, 6.07) is 17.0. The number of aryl methyl sites for hydroxylation is 1. The first-order valence-corrected chi connectivity index (χ1v) is 7.19. The fraction of sp³-hybridized carbons (Fsp3) is 0.222. The number of carbonyl (C=O) groups excluding carboxylic acids is 1. The Morgan fingerprint density at radius 3 is 2.59 bits per heavy atom. The van der Waals surface area contributed by atoms with Crippen LogP contribution in [0.5, 0.6) is 5.75 Å². The van der Waals surface area contributed by atoms with Gasteiger partial charge in [0.05, 0.1) is 12.5 Å². The molecule has 112 valence electrons. The van der Waals surface area contributed by atoms with Crippen molar-refractivity contribution in [2.24, 2.45) is 0 Å². The van der Waals surface area contributed by atoms with E-state index >= 15 is 0 Å². The van der Waals surface area contributed by atoms with Gasteiger partial charge in [0.2, 0.25) is 0 Å². The minimum absolute atomic E-state index is 0.0308. The number of benzene rings is 2. The molecule has 2 aromatic carbocycles. The predicted octanol–water partition coefficient (Wildman–Crippen LogP) is 3.33. The van der Waals surface area contributed by atoms with Crippen molar-refractivity contribution in [3.05, 3.63) is 59.7 Å². The lowest BCUT2D eigenvalue weighted by Crippen LogP contribution is -2.20. The Hall–Kier alpha value is -2.80. The van der Waals surface area contributed by atoms with Crippen LogP contribution in [0.2, 0.25) is 0 Å². The molecule has 0 aliphatic heterocycles. The number of carbonyl (C=O) groups is 1. The molecule has 22 heavy (non-hydrogen) atoms. The van der Waals surface area contributed by atoms with E-state index in [1.165, 1.54) is 0 Å². The van der Waals surface area contributed by atoms with Crippen molar-refractivity contribution in [3.8, 4) is 11.8 Å². The first-order chi connectivity index (χ1) is 10.7. The molecule has 4 heteroatoms. The first kappa shape index (κ1) is 15.6. The van der Waals surface area contributed by atoms with E-state index in [0.717, 1.165) is 23.3 Å². The SMILES string of the molecule is CCc1ccccc1OCC(=O)Nc1ccc(CC#N)cc1. The highest BCUT2D eigenvalue weighted by molar-refractivity contribution is 5.91. The highest BCUT2D eigenvalue weighted by Gasteiger charge is 2.06. The van der Waals surface area contributed by atoms with Gasteiger partial charge in [-0.3, -0.25) is 4.79 Å². The summed E-state index contributed by atoms with van der Waals surface area (Å²) in [6.07, 6.45) is 1.23. The lowest BCUT2D eigenvalue weighted by atomic mass is 10.1. The van der Waals surface area contributed by atoms with Crippen molar-refractivity contribution in [1.82, 2.24) is 0 Å². The Balaban J connectivity index is 1.89. The average Bonchev–Trinajstić information content (AvgIpc) is 2.55. The Morgan fingerprint density at radius 2 is 1.91 bits per heavy atom. The van der Waals surface area contributed by atoms with Crippen LogP contribution in [0.3, 0.4) is 0 Å². The molecule has 0 saturated heterocycles. The van der Waals surface area contributed by atoms with Gasteiger partial charge in [-0.1, -0.05) is 37.3 Å². The minimum atomic E-state index is -0.209. The molecule has 2 aromatic rings. The second-order valence-corrected chi connectivity index (χ2v) is 4.83. The third-order valence-corrected chi connectivity index (χ3v) is 3.23. The van der Waals surface area contributed by atoms with E-state index in [9.17, 15) is 4.79 Å². The van der Waals surface area contributed by atoms with E-state index in [4.69, 9.17) is 10.00 Å². The second kappa shape index (κ2) is 7.84. The second-order valence-electron chi connectivity index (χ2n) is 4.83. The molecule has 0 atom stereocenters. The fourth-order valence-electron chi connectivity index (χ4n) is 2.07. The van der Waals surface area contributed by atoms with Gasteiger partial charge in [-0.05, 0) is 35.7 Å². The molecule has 0 fully saturated rings. The van der Waals surface area contributed by atoms with Crippen LogP contribution in [-0.2, 0) is 17.6 Å². The predicted molar refractivity (Wildman–Crippen MR) is 85.7 cm³/mol. The largest absolute Gasteiger partial charge is 0.483 e. The van der Waals surface area contributed by atoms with Crippen molar-refractivity contribution >= 4 is 11.6 Å². The van der Waals surface area contributed by atoms with Crippen LogP contribution in [-0.4, -0.2) is 12.5 Å². The van der Waals surface area contributed by atoms with Crippen LogP contribution in [0.4, 0.5) is 5.69 Å². The summed E-state index contributed by atoms with van der Waals surface area (Å²) in [7, 11) is 0. The van der Waals surface area contributed by atoms with Crippen molar-refractivity contribution in [3.63, 3.8) is 0 Å². The van der Waals surface area contributed by atoms with E-state index in [1.807, 2.05) is 43.3 Å². The monoisotopic (exact) mass is 294 g/mol. The zero-order valence-corrected chi connectivity index (χ0v) is 12.5. The topological polar surface area (TPSA) is 62.1 Å². The molecular formula is C18H18N2O2. The molecule has 4 nitrogen and oxygen atoms in total. The molecule has 0 saturated carbocycles. The lowest BCUT2D eigenvalue weighted by molar-refractivity contribution is -0.118. The molecule has 0 aliphatic carbocycles. The number of hydrogen-bond donors (Lipinski definition) is 1. The van der Waals surface area contributed by atoms with Crippen molar-refractivity contribution in [1.29, 1.82) is 5.26 Å². The van der Waals surface area contributed by atoms with Gasteiger partial charge in [-0.15, -0.1) is 0 Å². The lowest BCUT2D eigenvalue weighted by Gasteiger charge is -2.10. The number of nitriles is 1. The van der Waals surface area contributed by atoms with Gasteiger partial charge < -0.3 is 10.1 Å². The van der Waals surface area contributed by atoms with Crippen LogP contribution in [0.15, 0.2) is 48.5 Å². The highest BCUT2D eigenvalue weighted by Crippen LogP contribution is 2.18. The third-order valence-electron chi connectivity index (χ3n) is 3.23. The van der Waals surface area contributed by atoms with E-state index in [2.05, 4.69) is 11.4 Å². The van der Waals surface area contributed by atoms with Gasteiger partial charge in [0.1, 0.15) is 5.75 Å². The van der Waals surface area contributed by atoms with Crippen LogP contribution in [0.25, 0.3) is 0 Å². The maximum Gasteiger partial charge on any atom is 0.262 e. The third kappa shape index (κ3) is 4.35. The van der Waals surface area contributed by atoms with Gasteiger partial charge in [0.25, 0.3) is 5.91 Å². The highest BCUT2D eigenvalue weighted by atomic mass is 16.5. The van der Waals surface area contributed by atoms with E-state index in [-0.39, 0.29) is 12.5 Å². The van der Waals surface area contributed by atoms with Crippen molar-refractivity contribution < 1.29 is 9.53 Å². The van der Waals surface area contributed by atoms with Crippen LogP contribution < -0.4 is 10.1 Å². The van der Waals surface area contributed by atoms with Crippen LogP contribution in [0, 0.1) is 11.3 Å². The van der Waals surface area contributed by atoms with Gasteiger partial charge in [0, 0.05) is 5.69 Å². The van der Waals surface area contributed by atoms with Crippen LogP contribution >= 0.6 is 0 Å². The molecule has 0 bridgehead atoms. The smallest absolute Gasteiger partial charge is 0.262 e. The van der Waals surface area contributed by atoms with E-state index < -0.39 is 0 Å². The standard InChI is InChI=1S/C18H18N2O2/c1-2-15-5-3-4-6-17(15)22-13-18(21)20-16-9-7-14(8-10-16)11-12-19/h3-10H,2,11,13H2,1H3,(H,20,21). The fourth-order valence-corrected chi connectivity index (χ4v) is 2.07. The zero-order valence-electron chi connectivity index (χ0n) is 12.5.